The van der Waals surface area contributed by atoms with Crippen molar-refractivity contribution < 1.29 is 14.6 Å². The van der Waals surface area contributed by atoms with Gasteiger partial charge in [-0.05, 0) is 19.3 Å². The van der Waals surface area contributed by atoms with Crippen LogP contribution in [0.1, 0.15) is 36.5 Å². The van der Waals surface area contributed by atoms with Crippen molar-refractivity contribution in [1.29, 1.82) is 0 Å². The molecular formula is C13H19N3O3. The smallest absolute Gasteiger partial charge is 0.341 e. The van der Waals surface area contributed by atoms with Crippen molar-refractivity contribution in [2.75, 3.05) is 24.6 Å². The molecule has 19 heavy (non-hydrogen) atoms. The summed E-state index contributed by atoms with van der Waals surface area (Å²) in [5, 5.41) is 9.17. The fourth-order valence-corrected chi connectivity index (χ4v) is 2.28. The third kappa shape index (κ3) is 3.41. The third-order valence-electron chi connectivity index (χ3n) is 3.16. The SMILES string of the molecule is CCCO[C@H]1CCCN(c2ncncc2C(=O)O)C1. The van der Waals surface area contributed by atoms with E-state index in [1.807, 2.05) is 4.90 Å². The molecule has 0 bridgehead atoms. The number of rotatable bonds is 5. The fourth-order valence-electron chi connectivity index (χ4n) is 2.28. The molecule has 2 heterocycles. The van der Waals surface area contributed by atoms with Gasteiger partial charge in [-0.25, -0.2) is 14.8 Å². The molecule has 1 atom stereocenters. The molecule has 1 N–H and O–H groups in total. The third-order valence-corrected chi connectivity index (χ3v) is 3.16. The van der Waals surface area contributed by atoms with Crippen LogP contribution in [0.2, 0.25) is 0 Å². The normalized spacial score (nSPS) is 19.4. The highest BCUT2D eigenvalue weighted by molar-refractivity contribution is 5.92. The van der Waals surface area contributed by atoms with Crippen LogP contribution in [-0.4, -0.2) is 46.8 Å². The number of aromatic carboxylic acids is 1. The number of nitrogens with zero attached hydrogens (tertiary/aromatic N) is 3. The van der Waals surface area contributed by atoms with Crippen LogP contribution in [0.25, 0.3) is 0 Å². The molecule has 0 aromatic carbocycles. The number of piperidine rings is 1. The predicted molar refractivity (Wildman–Crippen MR) is 70.5 cm³/mol. The first kappa shape index (κ1) is 13.7. The van der Waals surface area contributed by atoms with Crippen LogP contribution in [0.3, 0.4) is 0 Å². The van der Waals surface area contributed by atoms with Gasteiger partial charge >= 0.3 is 5.97 Å². The minimum absolute atomic E-state index is 0.152. The summed E-state index contributed by atoms with van der Waals surface area (Å²) in [5.74, 6) is -0.500. The van der Waals surface area contributed by atoms with E-state index in [1.165, 1.54) is 12.5 Å². The quantitative estimate of drug-likeness (QED) is 0.871. The van der Waals surface area contributed by atoms with E-state index >= 15 is 0 Å². The predicted octanol–water partition coefficient (Wildman–Crippen LogP) is 1.57. The zero-order chi connectivity index (χ0) is 13.7. The molecule has 0 aliphatic carbocycles. The van der Waals surface area contributed by atoms with Gasteiger partial charge in [0.25, 0.3) is 0 Å². The lowest BCUT2D eigenvalue weighted by molar-refractivity contribution is 0.0437. The lowest BCUT2D eigenvalue weighted by atomic mass is 10.1. The summed E-state index contributed by atoms with van der Waals surface area (Å²) in [5.41, 5.74) is 0.152. The maximum Gasteiger partial charge on any atom is 0.341 e. The second-order valence-corrected chi connectivity index (χ2v) is 4.65. The lowest BCUT2D eigenvalue weighted by Crippen LogP contribution is -2.41. The summed E-state index contributed by atoms with van der Waals surface area (Å²) in [4.78, 5) is 21.1. The van der Waals surface area contributed by atoms with E-state index in [-0.39, 0.29) is 11.7 Å². The second kappa shape index (κ2) is 6.47. The van der Waals surface area contributed by atoms with Crippen molar-refractivity contribution in [1.82, 2.24) is 9.97 Å². The van der Waals surface area contributed by atoms with Crippen LogP contribution in [0, 0.1) is 0 Å². The molecule has 0 radical (unpaired) electrons. The van der Waals surface area contributed by atoms with Crippen LogP contribution in [0.15, 0.2) is 12.5 Å². The van der Waals surface area contributed by atoms with E-state index in [0.29, 0.717) is 12.4 Å². The average molecular weight is 265 g/mol. The first-order valence-corrected chi connectivity index (χ1v) is 6.62. The first-order chi connectivity index (χ1) is 9.22. The minimum atomic E-state index is -0.993. The largest absolute Gasteiger partial charge is 0.477 e. The van der Waals surface area contributed by atoms with Crippen molar-refractivity contribution in [3.63, 3.8) is 0 Å². The molecule has 1 aromatic heterocycles. The molecule has 2 rings (SSSR count). The number of carboxylic acids is 1. The molecule has 0 spiro atoms. The summed E-state index contributed by atoms with van der Waals surface area (Å²) >= 11 is 0. The number of hydrogen-bond donors (Lipinski definition) is 1. The van der Waals surface area contributed by atoms with Crippen molar-refractivity contribution in [3.05, 3.63) is 18.1 Å². The lowest BCUT2D eigenvalue weighted by Gasteiger charge is -2.33. The van der Waals surface area contributed by atoms with Crippen LogP contribution < -0.4 is 4.90 Å². The Bertz CT molecular complexity index is 439. The highest BCUT2D eigenvalue weighted by atomic mass is 16.5. The minimum Gasteiger partial charge on any atom is -0.477 e. The number of carboxylic acid groups (broad SMARTS) is 1. The fraction of sp³-hybridized carbons (Fsp3) is 0.615. The van der Waals surface area contributed by atoms with E-state index in [0.717, 1.165) is 32.4 Å². The van der Waals surface area contributed by atoms with Gasteiger partial charge in [0.1, 0.15) is 17.7 Å². The zero-order valence-electron chi connectivity index (χ0n) is 11.1. The standard InChI is InChI=1S/C13H19N3O3/c1-2-6-19-10-4-3-5-16(8-10)12-11(13(17)18)7-14-9-15-12/h7,9-10H,2-6,8H2,1H3,(H,17,18)/t10-/m0/s1. The van der Waals surface area contributed by atoms with E-state index in [1.54, 1.807) is 0 Å². The van der Waals surface area contributed by atoms with Gasteiger partial charge in [-0.15, -0.1) is 0 Å². The maximum atomic E-state index is 11.2. The molecule has 1 aliphatic heterocycles. The molecule has 1 aromatic rings. The van der Waals surface area contributed by atoms with Gasteiger partial charge in [0, 0.05) is 25.9 Å². The van der Waals surface area contributed by atoms with E-state index in [4.69, 9.17) is 9.84 Å². The average Bonchev–Trinajstić information content (AvgIpc) is 2.45. The molecule has 0 saturated carbocycles. The van der Waals surface area contributed by atoms with Crippen molar-refractivity contribution in [2.45, 2.75) is 32.3 Å². The van der Waals surface area contributed by atoms with Crippen LogP contribution in [0.5, 0.6) is 0 Å². The molecule has 6 nitrogen and oxygen atoms in total. The van der Waals surface area contributed by atoms with E-state index < -0.39 is 5.97 Å². The Morgan fingerprint density at radius 1 is 1.63 bits per heavy atom. The molecule has 6 heteroatoms. The molecular weight excluding hydrogens is 246 g/mol. The zero-order valence-corrected chi connectivity index (χ0v) is 11.1. The van der Waals surface area contributed by atoms with Crippen molar-refractivity contribution in [2.24, 2.45) is 0 Å². The summed E-state index contributed by atoms with van der Waals surface area (Å²) in [6.45, 7) is 4.32. The Kier molecular flexibility index (Phi) is 4.68. The summed E-state index contributed by atoms with van der Waals surface area (Å²) in [6, 6.07) is 0. The van der Waals surface area contributed by atoms with Gasteiger partial charge in [-0.1, -0.05) is 6.92 Å². The van der Waals surface area contributed by atoms with Gasteiger partial charge < -0.3 is 14.7 Å². The molecule has 1 aliphatic rings. The number of carbonyl (C=O) groups is 1. The van der Waals surface area contributed by atoms with Crippen molar-refractivity contribution >= 4 is 11.8 Å². The van der Waals surface area contributed by atoms with Crippen LogP contribution >= 0.6 is 0 Å². The Balaban J connectivity index is 2.11. The number of ether oxygens (including phenoxy) is 1. The second-order valence-electron chi connectivity index (χ2n) is 4.65. The highest BCUT2D eigenvalue weighted by Crippen LogP contribution is 2.22. The van der Waals surface area contributed by atoms with Crippen LogP contribution in [0.4, 0.5) is 5.82 Å². The first-order valence-electron chi connectivity index (χ1n) is 6.62. The van der Waals surface area contributed by atoms with Gasteiger partial charge in [-0.3, -0.25) is 0 Å². The molecule has 1 fully saturated rings. The highest BCUT2D eigenvalue weighted by Gasteiger charge is 2.24. The molecule has 104 valence electrons. The maximum absolute atomic E-state index is 11.2. The van der Waals surface area contributed by atoms with Gasteiger partial charge in [0.05, 0.1) is 6.10 Å². The molecule has 0 amide bonds. The molecule has 1 saturated heterocycles. The molecule has 0 unspecified atom stereocenters. The van der Waals surface area contributed by atoms with Gasteiger partial charge in [0.15, 0.2) is 0 Å². The number of aromatic nitrogens is 2. The van der Waals surface area contributed by atoms with Crippen LogP contribution in [-0.2, 0) is 4.74 Å². The topological polar surface area (TPSA) is 75.5 Å². The number of hydrogen-bond acceptors (Lipinski definition) is 5. The van der Waals surface area contributed by atoms with E-state index in [9.17, 15) is 4.79 Å². The Hall–Kier alpha value is -1.69. The van der Waals surface area contributed by atoms with Crippen molar-refractivity contribution in [3.8, 4) is 0 Å². The van der Waals surface area contributed by atoms with Gasteiger partial charge in [-0.2, -0.15) is 0 Å². The Morgan fingerprint density at radius 2 is 2.47 bits per heavy atom. The van der Waals surface area contributed by atoms with E-state index in [2.05, 4.69) is 16.9 Å². The summed E-state index contributed by atoms with van der Waals surface area (Å²) < 4.78 is 5.75. The number of anilines is 1. The monoisotopic (exact) mass is 265 g/mol. The Morgan fingerprint density at radius 3 is 3.21 bits per heavy atom. The summed E-state index contributed by atoms with van der Waals surface area (Å²) in [7, 11) is 0. The summed E-state index contributed by atoms with van der Waals surface area (Å²) in [6.07, 6.45) is 5.89. The van der Waals surface area contributed by atoms with Gasteiger partial charge in [0.2, 0.25) is 0 Å². The Labute approximate surface area is 112 Å².